The van der Waals surface area contributed by atoms with E-state index in [4.69, 9.17) is 27.6 Å². The highest BCUT2D eigenvalue weighted by Gasteiger charge is 2.19. The molecule has 0 amide bonds. The topological polar surface area (TPSA) is 60.9 Å². The first-order valence-electron chi connectivity index (χ1n) is 8.70. The molecule has 0 atom stereocenters. The third-order valence-electron chi connectivity index (χ3n) is 4.24. The third-order valence-corrected chi connectivity index (χ3v) is 5.91. The highest BCUT2D eigenvalue weighted by molar-refractivity contribution is 7.99. The Kier molecular flexibility index (Phi) is 5.76. The van der Waals surface area contributed by atoms with E-state index in [9.17, 15) is 4.79 Å². The van der Waals surface area contributed by atoms with E-state index in [1.165, 1.54) is 11.8 Å². The number of hydrogen-bond acceptors (Lipinski definition) is 5. The average Bonchev–Trinajstić information content (AvgIpc) is 3.38. The smallest absolute Gasteiger partial charge is 0.205 e. The minimum absolute atomic E-state index is 0.0772. The molecule has 0 unspecified atom stereocenters. The molecule has 0 radical (unpaired) electrons. The number of thioether (sulfide) groups is 1. The molecule has 0 saturated carbocycles. The van der Waals surface area contributed by atoms with E-state index in [-0.39, 0.29) is 11.5 Å². The summed E-state index contributed by atoms with van der Waals surface area (Å²) >= 11 is 13.3. The Morgan fingerprint density at radius 2 is 1.86 bits per heavy atom. The summed E-state index contributed by atoms with van der Waals surface area (Å²) in [7, 11) is 0. The van der Waals surface area contributed by atoms with Gasteiger partial charge < -0.3 is 4.42 Å². The maximum absolute atomic E-state index is 12.6. The molecule has 0 bridgehead atoms. The Morgan fingerprint density at radius 3 is 2.55 bits per heavy atom. The van der Waals surface area contributed by atoms with E-state index in [0.717, 1.165) is 11.3 Å². The van der Waals surface area contributed by atoms with Gasteiger partial charge in [0.1, 0.15) is 0 Å². The zero-order valence-corrected chi connectivity index (χ0v) is 17.6. The molecule has 0 aliphatic heterocycles. The molecule has 0 N–H and O–H groups in total. The summed E-state index contributed by atoms with van der Waals surface area (Å²) in [5, 5.41) is 9.93. The van der Waals surface area contributed by atoms with E-state index >= 15 is 0 Å². The van der Waals surface area contributed by atoms with Crippen molar-refractivity contribution in [2.45, 2.75) is 12.1 Å². The van der Waals surface area contributed by atoms with E-state index in [0.29, 0.717) is 32.3 Å². The molecule has 5 nitrogen and oxygen atoms in total. The SMILES string of the molecule is Cc1ccc(-n2c(SCC(=O)c3ccc(Cl)c(Cl)c3)nnc2-c2ccco2)cc1. The lowest BCUT2D eigenvalue weighted by Crippen LogP contribution is -2.05. The fraction of sp³-hybridized carbons (Fsp3) is 0.0952. The zero-order valence-electron chi connectivity index (χ0n) is 15.3. The number of nitrogens with zero attached hydrogens (tertiary/aromatic N) is 3. The number of carbonyl (C=O) groups excluding carboxylic acids is 1. The number of furan rings is 1. The van der Waals surface area contributed by atoms with E-state index in [1.807, 2.05) is 41.8 Å². The molecule has 0 aliphatic rings. The van der Waals surface area contributed by atoms with Crippen molar-refractivity contribution in [2.24, 2.45) is 0 Å². The zero-order chi connectivity index (χ0) is 20.4. The van der Waals surface area contributed by atoms with Crippen LogP contribution in [0.25, 0.3) is 17.3 Å². The first kappa shape index (κ1) is 19.8. The molecule has 0 saturated heterocycles. The number of Topliss-reactive ketones (excluding diaryl/α,β-unsaturated/α-hetero) is 1. The number of aryl methyl sites for hydroxylation is 1. The van der Waals surface area contributed by atoms with Crippen molar-refractivity contribution >= 4 is 40.7 Å². The first-order valence-corrected chi connectivity index (χ1v) is 10.4. The van der Waals surface area contributed by atoms with Gasteiger partial charge in [0.25, 0.3) is 0 Å². The number of benzene rings is 2. The Balaban J connectivity index is 1.64. The summed E-state index contributed by atoms with van der Waals surface area (Å²) in [5.74, 6) is 1.27. The molecule has 0 spiro atoms. The van der Waals surface area contributed by atoms with Gasteiger partial charge in [0.05, 0.1) is 22.1 Å². The second kappa shape index (κ2) is 8.45. The van der Waals surface area contributed by atoms with Crippen molar-refractivity contribution < 1.29 is 9.21 Å². The van der Waals surface area contributed by atoms with Gasteiger partial charge in [0.2, 0.25) is 5.82 Å². The second-order valence-electron chi connectivity index (χ2n) is 6.30. The van der Waals surface area contributed by atoms with Crippen LogP contribution in [-0.2, 0) is 0 Å². The fourth-order valence-corrected chi connectivity index (χ4v) is 3.88. The Hall–Kier alpha value is -2.54. The molecule has 146 valence electrons. The molecular formula is C21H15Cl2N3O2S. The molecule has 0 fully saturated rings. The van der Waals surface area contributed by atoms with Crippen molar-refractivity contribution in [3.8, 4) is 17.3 Å². The van der Waals surface area contributed by atoms with Gasteiger partial charge in [-0.2, -0.15) is 0 Å². The molecule has 4 aromatic rings. The van der Waals surface area contributed by atoms with Crippen molar-refractivity contribution in [3.63, 3.8) is 0 Å². The van der Waals surface area contributed by atoms with Gasteiger partial charge in [0.15, 0.2) is 16.7 Å². The monoisotopic (exact) mass is 443 g/mol. The van der Waals surface area contributed by atoms with Crippen molar-refractivity contribution in [1.82, 2.24) is 14.8 Å². The fourth-order valence-electron chi connectivity index (χ4n) is 2.74. The number of carbonyl (C=O) groups is 1. The Morgan fingerprint density at radius 1 is 1.07 bits per heavy atom. The summed E-state index contributed by atoms with van der Waals surface area (Å²) < 4.78 is 7.39. The molecule has 2 aromatic heterocycles. The molecule has 2 heterocycles. The van der Waals surface area contributed by atoms with Crippen LogP contribution in [0.3, 0.4) is 0 Å². The number of hydrogen-bond donors (Lipinski definition) is 0. The Labute approximate surface area is 181 Å². The predicted octanol–water partition coefficient (Wildman–Crippen LogP) is 6.12. The summed E-state index contributed by atoms with van der Waals surface area (Å²) in [6.07, 6.45) is 1.59. The largest absolute Gasteiger partial charge is 0.461 e. The lowest BCUT2D eigenvalue weighted by Gasteiger charge is -2.09. The predicted molar refractivity (Wildman–Crippen MR) is 115 cm³/mol. The van der Waals surface area contributed by atoms with E-state index in [2.05, 4.69) is 10.2 Å². The van der Waals surface area contributed by atoms with Crippen LogP contribution in [0.4, 0.5) is 0 Å². The van der Waals surface area contributed by atoms with E-state index in [1.54, 1.807) is 30.5 Å². The number of ketones is 1. The normalized spacial score (nSPS) is 11.0. The minimum atomic E-state index is -0.0772. The molecule has 4 rings (SSSR count). The number of aromatic nitrogens is 3. The van der Waals surface area contributed by atoms with Gasteiger partial charge in [0, 0.05) is 11.3 Å². The van der Waals surface area contributed by atoms with Gasteiger partial charge in [-0.1, -0.05) is 52.7 Å². The van der Waals surface area contributed by atoms with Crippen LogP contribution in [0.15, 0.2) is 70.4 Å². The average molecular weight is 444 g/mol. The summed E-state index contributed by atoms with van der Waals surface area (Å²) in [4.78, 5) is 12.6. The maximum atomic E-state index is 12.6. The lowest BCUT2D eigenvalue weighted by atomic mass is 10.1. The van der Waals surface area contributed by atoms with E-state index < -0.39 is 0 Å². The van der Waals surface area contributed by atoms with Gasteiger partial charge in [-0.05, 0) is 49.4 Å². The van der Waals surface area contributed by atoms with Crippen molar-refractivity contribution in [2.75, 3.05) is 5.75 Å². The van der Waals surface area contributed by atoms with Crippen LogP contribution in [0, 0.1) is 6.92 Å². The van der Waals surface area contributed by atoms with Crippen LogP contribution < -0.4 is 0 Å². The van der Waals surface area contributed by atoms with Crippen molar-refractivity contribution in [1.29, 1.82) is 0 Å². The van der Waals surface area contributed by atoms with Crippen molar-refractivity contribution in [3.05, 3.63) is 82.0 Å². The highest BCUT2D eigenvalue weighted by Crippen LogP contribution is 2.29. The maximum Gasteiger partial charge on any atom is 0.205 e. The van der Waals surface area contributed by atoms with Gasteiger partial charge in [-0.15, -0.1) is 10.2 Å². The summed E-state index contributed by atoms with van der Waals surface area (Å²) in [5.41, 5.74) is 2.53. The first-order chi connectivity index (χ1) is 14.0. The Bertz CT molecular complexity index is 1160. The third kappa shape index (κ3) is 4.24. The molecular weight excluding hydrogens is 429 g/mol. The quantitative estimate of drug-likeness (QED) is 0.265. The van der Waals surface area contributed by atoms with Gasteiger partial charge >= 0.3 is 0 Å². The summed E-state index contributed by atoms with van der Waals surface area (Å²) in [6, 6.07) is 16.5. The van der Waals surface area contributed by atoms with Crippen LogP contribution in [-0.4, -0.2) is 26.3 Å². The summed E-state index contributed by atoms with van der Waals surface area (Å²) in [6.45, 7) is 2.02. The van der Waals surface area contributed by atoms with Crippen LogP contribution in [0.1, 0.15) is 15.9 Å². The van der Waals surface area contributed by atoms with Crippen LogP contribution >= 0.6 is 35.0 Å². The lowest BCUT2D eigenvalue weighted by molar-refractivity contribution is 0.102. The highest BCUT2D eigenvalue weighted by atomic mass is 35.5. The van der Waals surface area contributed by atoms with Crippen LogP contribution in [0.5, 0.6) is 0 Å². The second-order valence-corrected chi connectivity index (χ2v) is 8.05. The standard InChI is InChI=1S/C21H15Cl2N3O2S/c1-13-4-7-15(8-5-13)26-20(19-3-2-10-28-19)24-25-21(26)29-12-18(27)14-6-9-16(22)17(23)11-14/h2-11H,12H2,1H3. The minimum Gasteiger partial charge on any atom is -0.461 e. The number of halogens is 2. The molecule has 8 heteroatoms. The van der Waals surface area contributed by atoms with Gasteiger partial charge in [-0.25, -0.2) is 0 Å². The molecule has 29 heavy (non-hydrogen) atoms. The molecule has 2 aromatic carbocycles. The van der Waals surface area contributed by atoms with Gasteiger partial charge in [-0.3, -0.25) is 9.36 Å². The number of rotatable bonds is 6. The molecule has 0 aliphatic carbocycles. The van der Waals surface area contributed by atoms with Crippen LogP contribution in [0.2, 0.25) is 10.0 Å².